The number of nitrogens with one attached hydrogen (secondary N) is 2. The van der Waals surface area contributed by atoms with Crippen LogP contribution in [0, 0.1) is 13.8 Å². The Kier molecular flexibility index (Phi) is 4.66. The normalized spacial score (nSPS) is 10.0. The molecule has 2 N–H and O–H groups in total. The van der Waals surface area contributed by atoms with Crippen molar-refractivity contribution in [3.63, 3.8) is 0 Å². The van der Waals surface area contributed by atoms with Crippen LogP contribution in [-0.2, 0) is 4.79 Å². The molecule has 2 rings (SSSR count). The van der Waals surface area contributed by atoms with Crippen molar-refractivity contribution in [2.24, 2.45) is 0 Å². The van der Waals surface area contributed by atoms with E-state index in [9.17, 15) is 9.59 Å². The van der Waals surface area contributed by atoms with Crippen LogP contribution in [0.25, 0.3) is 0 Å². The van der Waals surface area contributed by atoms with Crippen LogP contribution in [0.3, 0.4) is 0 Å². The Bertz CT molecular complexity index is 654. The fourth-order valence-corrected chi connectivity index (χ4v) is 1.79. The summed E-state index contributed by atoms with van der Waals surface area (Å²) in [6.07, 6.45) is 3.17. The molecule has 2 aromatic rings. The first-order valence-corrected chi connectivity index (χ1v) is 6.61. The van der Waals surface area contributed by atoms with Gasteiger partial charge in [-0.25, -0.2) is 0 Å². The van der Waals surface area contributed by atoms with E-state index < -0.39 is 0 Å². The SMILES string of the molecule is Cc1ccc(C(=O)NCC(=O)Nc2cccnc2)cc1C. The summed E-state index contributed by atoms with van der Waals surface area (Å²) in [7, 11) is 0. The van der Waals surface area contributed by atoms with Crippen LogP contribution in [0.2, 0.25) is 0 Å². The number of hydrogen-bond acceptors (Lipinski definition) is 3. The molecule has 108 valence electrons. The van der Waals surface area contributed by atoms with E-state index in [1.807, 2.05) is 26.0 Å². The number of nitrogens with zero attached hydrogens (tertiary/aromatic N) is 1. The van der Waals surface area contributed by atoms with Gasteiger partial charge >= 0.3 is 0 Å². The molecule has 0 spiro atoms. The maximum Gasteiger partial charge on any atom is 0.251 e. The van der Waals surface area contributed by atoms with Crippen LogP contribution in [0.1, 0.15) is 21.5 Å². The summed E-state index contributed by atoms with van der Waals surface area (Å²) in [6, 6.07) is 8.90. The van der Waals surface area contributed by atoms with E-state index in [2.05, 4.69) is 15.6 Å². The van der Waals surface area contributed by atoms with Crippen molar-refractivity contribution in [1.29, 1.82) is 0 Å². The molecule has 0 bridgehead atoms. The van der Waals surface area contributed by atoms with Crippen molar-refractivity contribution in [2.75, 3.05) is 11.9 Å². The minimum Gasteiger partial charge on any atom is -0.343 e. The average Bonchev–Trinajstić information content (AvgIpc) is 2.48. The number of amides is 2. The number of aromatic nitrogens is 1. The number of carbonyl (C=O) groups excluding carboxylic acids is 2. The number of aryl methyl sites for hydroxylation is 2. The van der Waals surface area contributed by atoms with Gasteiger partial charge in [0, 0.05) is 11.8 Å². The summed E-state index contributed by atoms with van der Waals surface area (Å²) < 4.78 is 0. The molecule has 0 aliphatic carbocycles. The predicted molar refractivity (Wildman–Crippen MR) is 81.1 cm³/mol. The second kappa shape index (κ2) is 6.65. The minimum absolute atomic E-state index is 0.0827. The van der Waals surface area contributed by atoms with Crippen molar-refractivity contribution in [3.8, 4) is 0 Å². The third-order valence-electron chi connectivity index (χ3n) is 3.12. The van der Waals surface area contributed by atoms with Gasteiger partial charge in [0.1, 0.15) is 0 Å². The van der Waals surface area contributed by atoms with Gasteiger partial charge in [-0.2, -0.15) is 0 Å². The standard InChI is InChI=1S/C16H17N3O2/c1-11-5-6-13(8-12(11)2)16(21)18-10-15(20)19-14-4-3-7-17-9-14/h3-9H,10H2,1-2H3,(H,18,21)(H,19,20). The van der Waals surface area contributed by atoms with Gasteiger partial charge in [-0.1, -0.05) is 6.07 Å². The molecule has 1 heterocycles. The third-order valence-corrected chi connectivity index (χ3v) is 3.12. The third kappa shape index (κ3) is 4.14. The summed E-state index contributed by atoms with van der Waals surface area (Å²) in [6.45, 7) is 3.85. The van der Waals surface area contributed by atoms with E-state index in [4.69, 9.17) is 0 Å². The van der Waals surface area contributed by atoms with Gasteiger partial charge in [-0.3, -0.25) is 14.6 Å². The summed E-state index contributed by atoms with van der Waals surface area (Å²) in [5.41, 5.74) is 3.32. The van der Waals surface area contributed by atoms with Gasteiger partial charge in [0.2, 0.25) is 5.91 Å². The highest BCUT2D eigenvalue weighted by Crippen LogP contribution is 2.09. The van der Waals surface area contributed by atoms with Crippen LogP contribution in [0.4, 0.5) is 5.69 Å². The second-order valence-corrected chi connectivity index (χ2v) is 4.77. The van der Waals surface area contributed by atoms with Gasteiger partial charge < -0.3 is 10.6 Å². The van der Waals surface area contributed by atoms with Crippen LogP contribution in [0.5, 0.6) is 0 Å². The molecular formula is C16H17N3O2. The van der Waals surface area contributed by atoms with E-state index >= 15 is 0 Å². The fourth-order valence-electron chi connectivity index (χ4n) is 1.79. The molecule has 1 aromatic heterocycles. The molecule has 2 amide bonds. The van der Waals surface area contributed by atoms with Crippen LogP contribution < -0.4 is 10.6 Å². The van der Waals surface area contributed by atoms with Crippen molar-refractivity contribution in [2.45, 2.75) is 13.8 Å². The van der Waals surface area contributed by atoms with Crippen LogP contribution in [0.15, 0.2) is 42.7 Å². The Hall–Kier alpha value is -2.69. The van der Waals surface area contributed by atoms with Crippen LogP contribution >= 0.6 is 0 Å². The number of pyridine rings is 1. The molecule has 0 aliphatic heterocycles. The Morgan fingerprint density at radius 2 is 1.95 bits per heavy atom. The lowest BCUT2D eigenvalue weighted by atomic mass is 10.1. The number of rotatable bonds is 4. The zero-order valence-electron chi connectivity index (χ0n) is 12.0. The lowest BCUT2D eigenvalue weighted by Gasteiger charge is -2.08. The maximum atomic E-state index is 12.0. The molecule has 0 radical (unpaired) electrons. The van der Waals surface area contributed by atoms with Crippen LogP contribution in [-0.4, -0.2) is 23.3 Å². The van der Waals surface area contributed by atoms with Gasteiger partial charge in [-0.05, 0) is 49.2 Å². The highest BCUT2D eigenvalue weighted by molar-refractivity contribution is 5.99. The summed E-state index contributed by atoms with van der Waals surface area (Å²) >= 11 is 0. The molecule has 0 atom stereocenters. The zero-order valence-corrected chi connectivity index (χ0v) is 12.0. The van der Waals surface area contributed by atoms with Crippen molar-refractivity contribution in [3.05, 3.63) is 59.4 Å². The highest BCUT2D eigenvalue weighted by atomic mass is 16.2. The smallest absolute Gasteiger partial charge is 0.251 e. The molecule has 5 heteroatoms. The molecule has 0 saturated carbocycles. The molecular weight excluding hydrogens is 266 g/mol. The number of benzene rings is 1. The zero-order chi connectivity index (χ0) is 15.2. The molecule has 1 aromatic carbocycles. The van der Waals surface area contributed by atoms with E-state index in [0.29, 0.717) is 11.3 Å². The quantitative estimate of drug-likeness (QED) is 0.902. The Balaban J connectivity index is 1.89. The molecule has 0 aliphatic rings. The molecule has 5 nitrogen and oxygen atoms in total. The summed E-state index contributed by atoms with van der Waals surface area (Å²) in [5.74, 6) is -0.556. The first kappa shape index (κ1) is 14.7. The highest BCUT2D eigenvalue weighted by Gasteiger charge is 2.09. The monoisotopic (exact) mass is 283 g/mol. The topological polar surface area (TPSA) is 71.1 Å². The second-order valence-electron chi connectivity index (χ2n) is 4.77. The van der Waals surface area contributed by atoms with E-state index in [1.54, 1.807) is 30.6 Å². The Morgan fingerprint density at radius 3 is 2.62 bits per heavy atom. The van der Waals surface area contributed by atoms with Gasteiger partial charge in [0.05, 0.1) is 18.4 Å². The maximum absolute atomic E-state index is 12.0. The largest absolute Gasteiger partial charge is 0.343 e. The number of anilines is 1. The molecule has 0 fully saturated rings. The molecule has 0 unspecified atom stereocenters. The number of hydrogen-bond donors (Lipinski definition) is 2. The first-order valence-electron chi connectivity index (χ1n) is 6.61. The van der Waals surface area contributed by atoms with Crippen molar-refractivity contribution >= 4 is 17.5 Å². The average molecular weight is 283 g/mol. The van der Waals surface area contributed by atoms with Crippen molar-refractivity contribution < 1.29 is 9.59 Å². The number of carbonyl (C=O) groups is 2. The van der Waals surface area contributed by atoms with E-state index in [0.717, 1.165) is 11.1 Å². The lowest BCUT2D eigenvalue weighted by Crippen LogP contribution is -2.32. The molecule has 0 saturated heterocycles. The van der Waals surface area contributed by atoms with E-state index in [-0.39, 0.29) is 18.4 Å². The minimum atomic E-state index is -0.291. The van der Waals surface area contributed by atoms with Gasteiger partial charge in [-0.15, -0.1) is 0 Å². The Labute approximate surface area is 123 Å². The van der Waals surface area contributed by atoms with Gasteiger partial charge in [0.25, 0.3) is 5.91 Å². The summed E-state index contributed by atoms with van der Waals surface area (Å²) in [5, 5.41) is 5.25. The predicted octanol–water partition coefficient (Wildman–Crippen LogP) is 2.07. The lowest BCUT2D eigenvalue weighted by molar-refractivity contribution is -0.115. The fraction of sp³-hybridized carbons (Fsp3) is 0.188. The molecule has 21 heavy (non-hydrogen) atoms. The summed E-state index contributed by atoms with van der Waals surface area (Å²) in [4.78, 5) is 27.6. The van der Waals surface area contributed by atoms with E-state index in [1.165, 1.54) is 0 Å². The van der Waals surface area contributed by atoms with Gasteiger partial charge in [0.15, 0.2) is 0 Å². The Morgan fingerprint density at radius 1 is 1.14 bits per heavy atom. The first-order chi connectivity index (χ1) is 10.1. The van der Waals surface area contributed by atoms with Crippen molar-refractivity contribution in [1.82, 2.24) is 10.3 Å².